The maximum absolute atomic E-state index is 11.0. The number of nitrogens with one attached hydrogen (secondary N) is 1. The van der Waals surface area contributed by atoms with Crippen LogP contribution in [-0.2, 0) is 6.54 Å². The third-order valence-corrected chi connectivity index (χ3v) is 3.11. The number of ether oxygens (including phenoxy) is 1. The molecule has 0 heterocycles. The van der Waals surface area contributed by atoms with Crippen molar-refractivity contribution in [1.82, 2.24) is 5.32 Å². The van der Waals surface area contributed by atoms with Gasteiger partial charge in [-0.15, -0.1) is 0 Å². The summed E-state index contributed by atoms with van der Waals surface area (Å²) in [6, 6.07) is 5.09. The first kappa shape index (κ1) is 17.4. The van der Waals surface area contributed by atoms with Gasteiger partial charge in [-0.1, -0.05) is 39.7 Å². The average Bonchev–Trinajstić information content (AvgIpc) is 2.43. The molecule has 0 aliphatic heterocycles. The number of rotatable bonds is 10. The second-order valence-corrected chi connectivity index (χ2v) is 5.64. The molecule has 118 valence electrons. The molecule has 0 amide bonds. The van der Waals surface area contributed by atoms with Crippen molar-refractivity contribution < 1.29 is 9.66 Å². The van der Waals surface area contributed by atoms with Gasteiger partial charge in [0.05, 0.1) is 11.5 Å². The lowest BCUT2D eigenvalue weighted by molar-refractivity contribution is -0.385. The lowest BCUT2D eigenvalue weighted by Crippen LogP contribution is -2.19. The molecule has 0 atom stereocenters. The van der Waals surface area contributed by atoms with Gasteiger partial charge in [-0.2, -0.15) is 0 Å². The van der Waals surface area contributed by atoms with E-state index in [9.17, 15) is 10.1 Å². The molecule has 1 aromatic rings. The van der Waals surface area contributed by atoms with Gasteiger partial charge in [-0.3, -0.25) is 10.1 Å². The summed E-state index contributed by atoms with van der Waals surface area (Å²) in [4.78, 5) is 10.6. The highest BCUT2D eigenvalue weighted by Crippen LogP contribution is 2.28. The van der Waals surface area contributed by atoms with Gasteiger partial charge in [0, 0.05) is 12.6 Å². The summed E-state index contributed by atoms with van der Waals surface area (Å²) in [5, 5.41) is 14.4. The van der Waals surface area contributed by atoms with Crippen LogP contribution in [0.5, 0.6) is 5.75 Å². The number of hydrogen-bond acceptors (Lipinski definition) is 4. The summed E-state index contributed by atoms with van der Waals surface area (Å²) in [5.41, 5.74) is 1.05. The van der Waals surface area contributed by atoms with Gasteiger partial charge < -0.3 is 10.1 Å². The van der Waals surface area contributed by atoms with E-state index in [0.29, 0.717) is 24.8 Å². The minimum absolute atomic E-state index is 0.0408. The van der Waals surface area contributed by atoms with Crippen molar-refractivity contribution >= 4 is 5.69 Å². The number of nitro groups is 1. The van der Waals surface area contributed by atoms with E-state index >= 15 is 0 Å². The highest BCUT2D eigenvalue weighted by atomic mass is 16.6. The Morgan fingerprint density at radius 2 is 2.10 bits per heavy atom. The number of hydrogen-bond donors (Lipinski definition) is 1. The first-order valence-electron chi connectivity index (χ1n) is 7.65. The monoisotopic (exact) mass is 294 g/mol. The Labute approximate surface area is 126 Å². The Morgan fingerprint density at radius 3 is 2.71 bits per heavy atom. The second-order valence-electron chi connectivity index (χ2n) is 5.64. The fourth-order valence-electron chi connectivity index (χ4n) is 1.97. The third-order valence-electron chi connectivity index (χ3n) is 3.11. The molecule has 0 aromatic heterocycles. The number of nitro benzene ring substituents is 1. The molecule has 1 aromatic carbocycles. The Morgan fingerprint density at radius 1 is 1.33 bits per heavy atom. The predicted molar refractivity (Wildman–Crippen MR) is 84.7 cm³/mol. The Hall–Kier alpha value is -1.62. The van der Waals surface area contributed by atoms with E-state index in [1.165, 1.54) is 6.07 Å². The van der Waals surface area contributed by atoms with Crippen LogP contribution >= 0.6 is 0 Å². The molecule has 0 spiro atoms. The van der Waals surface area contributed by atoms with Crippen LogP contribution in [0.4, 0.5) is 5.69 Å². The van der Waals surface area contributed by atoms with Crippen LogP contribution in [-0.4, -0.2) is 18.1 Å². The smallest absolute Gasteiger partial charge is 0.310 e. The minimum atomic E-state index is -0.388. The molecular formula is C16H26N2O3. The van der Waals surface area contributed by atoms with Gasteiger partial charge in [0.25, 0.3) is 0 Å². The van der Waals surface area contributed by atoms with Gasteiger partial charge in [-0.25, -0.2) is 0 Å². The first-order chi connectivity index (χ1) is 10.0. The normalized spacial score (nSPS) is 10.9. The number of benzene rings is 1. The van der Waals surface area contributed by atoms with Crippen LogP contribution in [0, 0.1) is 16.0 Å². The Kier molecular flexibility index (Phi) is 7.75. The lowest BCUT2D eigenvalue weighted by Gasteiger charge is -2.10. The molecule has 0 aliphatic carbocycles. The summed E-state index contributed by atoms with van der Waals surface area (Å²) in [5.74, 6) is 0.952. The third kappa shape index (κ3) is 6.58. The summed E-state index contributed by atoms with van der Waals surface area (Å²) in [6.45, 7) is 8.54. The van der Waals surface area contributed by atoms with Crippen LogP contribution in [0.15, 0.2) is 18.2 Å². The first-order valence-corrected chi connectivity index (χ1v) is 7.65. The molecule has 5 heteroatoms. The maximum Gasteiger partial charge on any atom is 0.310 e. The zero-order valence-electron chi connectivity index (χ0n) is 13.2. The largest absolute Gasteiger partial charge is 0.487 e. The summed E-state index contributed by atoms with van der Waals surface area (Å²) >= 11 is 0. The topological polar surface area (TPSA) is 64.4 Å². The van der Waals surface area contributed by atoms with Gasteiger partial charge >= 0.3 is 5.69 Å². The quantitative estimate of drug-likeness (QED) is 0.404. The van der Waals surface area contributed by atoms with E-state index in [0.717, 1.165) is 31.4 Å². The van der Waals surface area contributed by atoms with E-state index in [2.05, 4.69) is 26.1 Å². The molecular weight excluding hydrogens is 268 g/mol. The van der Waals surface area contributed by atoms with Crippen molar-refractivity contribution in [2.45, 2.75) is 46.6 Å². The van der Waals surface area contributed by atoms with Crippen molar-refractivity contribution in [1.29, 1.82) is 0 Å². The van der Waals surface area contributed by atoms with E-state index in [1.54, 1.807) is 12.1 Å². The number of unbranched alkanes of at least 4 members (excludes halogenated alkanes) is 2. The van der Waals surface area contributed by atoms with Crippen molar-refractivity contribution in [2.24, 2.45) is 5.92 Å². The molecule has 0 saturated heterocycles. The van der Waals surface area contributed by atoms with Crippen LogP contribution in [0.2, 0.25) is 0 Å². The summed E-state index contributed by atoms with van der Waals surface area (Å²) in [7, 11) is 0. The van der Waals surface area contributed by atoms with Crippen LogP contribution in [0.1, 0.15) is 45.6 Å². The summed E-state index contributed by atoms with van der Waals surface area (Å²) < 4.78 is 5.60. The zero-order chi connectivity index (χ0) is 15.7. The highest BCUT2D eigenvalue weighted by molar-refractivity contribution is 5.48. The van der Waals surface area contributed by atoms with Gasteiger partial charge in [0.1, 0.15) is 0 Å². The zero-order valence-corrected chi connectivity index (χ0v) is 13.2. The van der Waals surface area contributed by atoms with Gasteiger partial charge in [0.2, 0.25) is 0 Å². The molecule has 0 aliphatic rings. The maximum atomic E-state index is 11.0. The highest BCUT2D eigenvalue weighted by Gasteiger charge is 2.15. The Bertz CT molecular complexity index is 447. The molecule has 0 bridgehead atoms. The fraction of sp³-hybridized carbons (Fsp3) is 0.625. The Balaban J connectivity index is 2.68. The van der Waals surface area contributed by atoms with Gasteiger partial charge in [0.15, 0.2) is 5.75 Å². The van der Waals surface area contributed by atoms with Gasteiger partial charge in [-0.05, 0) is 30.5 Å². The van der Waals surface area contributed by atoms with Crippen molar-refractivity contribution in [3.8, 4) is 5.75 Å². The number of nitrogens with zero attached hydrogens (tertiary/aromatic N) is 1. The summed E-state index contributed by atoms with van der Waals surface area (Å²) in [6.07, 6.45) is 3.09. The molecule has 0 unspecified atom stereocenters. The molecule has 5 nitrogen and oxygen atoms in total. The molecule has 0 radical (unpaired) electrons. The van der Waals surface area contributed by atoms with Crippen LogP contribution < -0.4 is 10.1 Å². The molecule has 1 rings (SSSR count). The van der Waals surface area contributed by atoms with E-state index in [-0.39, 0.29) is 10.6 Å². The van der Waals surface area contributed by atoms with E-state index in [1.807, 2.05) is 0 Å². The minimum Gasteiger partial charge on any atom is -0.487 e. The van der Waals surface area contributed by atoms with Crippen molar-refractivity contribution in [3.05, 3.63) is 33.9 Å². The fourth-order valence-corrected chi connectivity index (χ4v) is 1.97. The standard InChI is InChI=1S/C16H26N2O3/c1-4-5-6-9-21-16-10-14(12-17-11-13(2)3)7-8-15(16)18(19)20/h7-8,10,13,17H,4-6,9,11-12H2,1-3H3. The molecule has 21 heavy (non-hydrogen) atoms. The SMILES string of the molecule is CCCCCOc1cc(CNCC(C)C)ccc1[N+](=O)[O-]. The second kappa shape index (κ2) is 9.34. The average molecular weight is 294 g/mol. The lowest BCUT2D eigenvalue weighted by atomic mass is 10.1. The predicted octanol–water partition coefficient (Wildman–Crippen LogP) is 3.91. The molecule has 0 saturated carbocycles. The van der Waals surface area contributed by atoms with Crippen molar-refractivity contribution in [3.63, 3.8) is 0 Å². The molecule has 0 fully saturated rings. The van der Waals surface area contributed by atoms with E-state index < -0.39 is 0 Å². The van der Waals surface area contributed by atoms with Crippen molar-refractivity contribution in [2.75, 3.05) is 13.2 Å². The van der Waals surface area contributed by atoms with Crippen LogP contribution in [0.3, 0.4) is 0 Å². The molecule has 1 N–H and O–H groups in total. The van der Waals surface area contributed by atoms with Crippen LogP contribution in [0.25, 0.3) is 0 Å². The van der Waals surface area contributed by atoms with E-state index in [4.69, 9.17) is 4.74 Å².